The van der Waals surface area contributed by atoms with E-state index < -0.39 is 0 Å². The normalized spacial score (nSPS) is 11.7. The van der Waals surface area contributed by atoms with Gasteiger partial charge in [0, 0.05) is 0 Å². The summed E-state index contributed by atoms with van der Waals surface area (Å²) in [7, 11) is 0. The van der Waals surface area contributed by atoms with E-state index in [-0.39, 0.29) is 23.0 Å². The minimum absolute atomic E-state index is 0.0740. The van der Waals surface area contributed by atoms with Crippen molar-refractivity contribution in [3.8, 4) is 0 Å². The lowest BCUT2D eigenvalue weighted by Crippen LogP contribution is -2.25. The predicted octanol–water partition coefficient (Wildman–Crippen LogP) is 0.850. The number of carbonyl (C=O) groups is 1. The van der Waals surface area contributed by atoms with Gasteiger partial charge in [-0.05, 0) is 26.0 Å². The van der Waals surface area contributed by atoms with E-state index in [0.717, 1.165) is 0 Å². The van der Waals surface area contributed by atoms with Gasteiger partial charge in [0.05, 0.1) is 11.4 Å². The van der Waals surface area contributed by atoms with Crippen molar-refractivity contribution < 1.29 is 4.79 Å². The molecule has 0 N–H and O–H groups in total. The Bertz CT molecular complexity index is 315. The van der Waals surface area contributed by atoms with Crippen LogP contribution in [0, 0.1) is 0 Å². The van der Waals surface area contributed by atoms with Crippen molar-refractivity contribution in [3.05, 3.63) is 5.82 Å². The van der Waals surface area contributed by atoms with E-state index in [1.165, 1.54) is 4.80 Å². The van der Waals surface area contributed by atoms with Crippen molar-refractivity contribution in [2.75, 3.05) is 5.88 Å². The second kappa shape index (κ2) is 3.41. The molecule has 13 heavy (non-hydrogen) atoms. The van der Waals surface area contributed by atoms with E-state index in [2.05, 4.69) is 15.4 Å². The molecule has 0 atom stereocenters. The Kier molecular flexibility index (Phi) is 2.66. The van der Waals surface area contributed by atoms with E-state index in [0.29, 0.717) is 0 Å². The van der Waals surface area contributed by atoms with Crippen LogP contribution in [-0.4, -0.2) is 31.9 Å². The quantitative estimate of drug-likeness (QED) is 0.527. The summed E-state index contributed by atoms with van der Waals surface area (Å²) in [5.74, 6) is -0.349. The average molecular weight is 203 g/mol. The van der Waals surface area contributed by atoms with Gasteiger partial charge in [-0.3, -0.25) is 4.79 Å². The minimum atomic E-state index is -0.308. The standard InChI is InChI=1S/C7H11ClN4O/c1-7(2,3)12-10-6(9-11-12)5(13)4-8/h4H2,1-3H3. The van der Waals surface area contributed by atoms with Gasteiger partial charge in [-0.15, -0.1) is 21.8 Å². The van der Waals surface area contributed by atoms with E-state index in [9.17, 15) is 4.79 Å². The molecule has 6 heteroatoms. The fraction of sp³-hybridized carbons (Fsp3) is 0.714. The number of ketones is 1. The summed E-state index contributed by atoms with van der Waals surface area (Å²) < 4.78 is 0. The highest BCUT2D eigenvalue weighted by atomic mass is 35.5. The topological polar surface area (TPSA) is 60.7 Å². The number of aromatic nitrogens is 4. The number of Topliss-reactive ketones (excluding diaryl/α,β-unsaturated/α-hetero) is 1. The third-order valence-corrected chi connectivity index (χ3v) is 1.63. The molecule has 0 bridgehead atoms. The molecule has 5 nitrogen and oxygen atoms in total. The number of halogens is 1. The maximum absolute atomic E-state index is 11.0. The van der Waals surface area contributed by atoms with Gasteiger partial charge in [-0.25, -0.2) is 0 Å². The van der Waals surface area contributed by atoms with E-state index in [1.54, 1.807) is 0 Å². The summed E-state index contributed by atoms with van der Waals surface area (Å²) >= 11 is 5.34. The first-order valence-electron chi connectivity index (χ1n) is 3.85. The summed E-state index contributed by atoms with van der Waals surface area (Å²) in [6, 6.07) is 0. The molecule has 0 aliphatic carbocycles. The molecular weight excluding hydrogens is 192 g/mol. The number of alkyl halides is 1. The van der Waals surface area contributed by atoms with E-state index >= 15 is 0 Å². The van der Waals surface area contributed by atoms with E-state index in [4.69, 9.17) is 11.6 Å². The Morgan fingerprint density at radius 2 is 2.15 bits per heavy atom. The van der Waals surface area contributed by atoms with E-state index in [1.807, 2.05) is 20.8 Å². The summed E-state index contributed by atoms with van der Waals surface area (Å²) in [5, 5.41) is 11.3. The maximum atomic E-state index is 11.0. The summed E-state index contributed by atoms with van der Waals surface area (Å²) in [4.78, 5) is 12.4. The van der Waals surface area contributed by atoms with Gasteiger partial charge < -0.3 is 0 Å². The van der Waals surface area contributed by atoms with Gasteiger partial charge in [-0.1, -0.05) is 0 Å². The molecule has 0 unspecified atom stereocenters. The van der Waals surface area contributed by atoms with Crippen LogP contribution in [0.4, 0.5) is 0 Å². The average Bonchev–Trinajstić information content (AvgIpc) is 2.50. The molecule has 0 aliphatic rings. The van der Waals surface area contributed by atoms with Crippen molar-refractivity contribution in [2.45, 2.75) is 26.3 Å². The van der Waals surface area contributed by atoms with Crippen molar-refractivity contribution >= 4 is 17.4 Å². The lowest BCUT2D eigenvalue weighted by molar-refractivity contribution is 0.101. The summed E-state index contributed by atoms with van der Waals surface area (Å²) in [6.45, 7) is 5.76. The third-order valence-electron chi connectivity index (χ3n) is 1.38. The summed E-state index contributed by atoms with van der Waals surface area (Å²) in [6.07, 6.45) is 0. The zero-order valence-electron chi connectivity index (χ0n) is 7.78. The van der Waals surface area contributed by atoms with Crippen LogP contribution < -0.4 is 0 Å². The maximum Gasteiger partial charge on any atom is 0.241 e. The van der Waals surface area contributed by atoms with Crippen LogP contribution in [0.2, 0.25) is 0 Å². The van der Waals surface area contributed by atoms with Crippen LogP contribution in [0.3, 0.4) is 0 Å². The van der Waals surface area contributed by atoms with Crippen LogP contribution in [0.15, 0.2) is 0 Å². The first kappa shape index (κ1) is 10.1. The van der Waals surface area contributed by atoms with Crippen molar-refractivity contribution in [1.29, 1.82) is 0 Å². The third kappa shape index (κ3) is 2.24. The van der Waals surface area contributed by atoms with Gasteiger partial charge >= 0.3 is 0 Å². The van der Waals surface area contributed by atoms with Crippen molar-refractivity contribution in [3.63, 3.8) is 0 Å². The number of rotatable bonds is 2. The molecule has 0 saturated heterocycles. The lowest BCUT2D eigenvalue weighted by atomic mass is 10.1. The zero-order valence-corrected chi connectivity index (χ0v) is 8.54. The van der Waals surface area contributed by atoms with Crippen LogP contribution in [-0.2, 0) is 5.54 Å². The zero-order chi connectivity index (χ0) is 10.1. The minimum Gasteiger partial charge on any atom is -0.289 e. The molecule has 0 fully saturated rings. The lowest BCUT2D eigenvalue weighted by Gasteiger charge is -2.15. The molecule has 0 aliphatic heterocycles. The Morgan fingerprint density at radius 3 is 2.54 bits per heavy atom. The smallest absolute Gasteiger partial charge is 0.241 e. The fourth-order valence-electron chi connectivity index (χ4n) is 0.670. The Balaban J connectivity index is 2.93. The molecular formula is C7H11ClN4O. The second-order valence-corrected chi connectivity index (χ2v) is 3.90. The number of nitrogens with zero attached hydrogens (tertiary/aromatic N) is 4. The number of carbonyl (C=O) groups excluding carboxylic acids is 1. The summed E-state index contributed by atoms with van der Waals surface area (Å²) in [5.41, 5.74) is -0.266. The SMILES string of the molecule is CC(C)(C)n1nnc(C(=O)CCl)n1. The molecule has 1 aromatic heterocycles. The number of hydrogen-bond donors (Lipinski definition) is 0. The highest BCUT2D eigenvalue weighted by Crippen LogP contribution is 2.09. The molecule has 72 valence electrons. The van der Waals surface area contributed by atoms with Crippen molar-refractivity contribution in [1.82, 2.24) is 20.2 Å². The molecule has 0 amide bonds. The molecule has 1 rings (SSSR count). The fourth-order valence-corrected chi connectivity index (χ4v) is 0.789. The van der Waals surface area contributed by atoms with Crippen molar-refractivity contribution in [2.24, 2.45) is 0 Å². The van der Waals surface area contributed by atoms with Crippen LogP contribution in [0.1, 0.15) is 31.4 Å². The highest BCUT2D eigenvalue weighted by molar-refractivity contribution is 6.29. The monoisotopic (exact) mass is 202 g/mol. The van der Waals surface area contributed by atoms with Gasteiger partial charge in [0.15, 0.2) is 0 Å². The molecule has 0 saturated carbocycles. The number of hydrogen-bond acceptors (Lipinski definition) is 4. The Labute approximate surface area is 81.1 Å². The largest absolute Gasteiger partial charge is 0.289 e. The predicted molar refractivity (Wildman–Crippen MR) is 47.9 cm³/mol. The van der Waals surface area contributed by atoms with Gasteiger partial charge in [0.25, 0.3) is 0 Å². The molecule has 0 radical (unpaired) electrons. The molecule has 0 spiro atoms. The highest BCUT2D eigenvalue weighted by Gasteiger charge is 2.19. The first-order chi connectivity index (χ1) is 5.95. The molecule has 1 heterocycles. The molecule has 1 aromatic rings. The van der Waals surface area contributed by atoms with Crippen LogP contribution >= 0.6 is 11.6 Å². The van der Waals surface area contributed by atoms with Crippen LogP contribution in [0.5, 0.6) is 0 Å². The van der Waals surface area contributed by atoms with Gasteiger partial charge in [0.2, 0.25) is 11.6 Å². The number of tetrazole rings is 1. The van der Waals surface area contributed by atoms with Crippen LogP contribution in [0.25, 0.3) is 0 Å². The van der Waals surface area contributed by atoms with Gasteiger partial charge in [0.1, 0.15) is 0 Å². The second-order valence-electron chi connectivity index (χ2n) is 3.63. The Hall–Kier alpha value is -0.970. The van der Waals surface area contributed by atoms with Gasteiger partial charge in [-0.2, -0.15) is 4.80 Å². The first-order valence-corrected chi connectivity index (χ1v) is 4.38. The Morgan fingerprint density at radius 1 is 1.54 bits per heavy atom. The molecule has 0 aromatic carbocycles.